The number of hydrogen-bond acceptors (Lipinski definition) is 8. The first-order valence-electron chi connectivity index (χ1n) is 18.7. The van der Waals surface area contributed by atoms with E-state index in [9.17, 15) is 0 Å². The number of rotatable bonds is 5. The Kier molecular flexibility index (Phi) is 7.17. The topological polar surface area (TPSA) is 77.6 Å². The Labute approximate surface area is 333 Å². The van der Waals surface area contributed by atoms with Crippen LogP contribution in [0.4, 0.5) is 0 Å². The van der Waals surface area contributed by atoms with Gasteiger partial charge in [0.05, 0.1) is 0 Å². The Morgan fingerprint density at radius 3 is 1.77 bits per heavy atom. The molecule has 12 aromatic rings. The maximum atomic E-state index is 6.47. The van der Waals surface area contributed by atoms with E-state index in [4.69, 9.17) is 29.3 Å². The minimum atomic E-state index is 0.636. The van der Waals surface area contributed by atoms with E-state index in [-0.39, 0.29) is 0 Å². The highest BCUT2D eigenvalue weighted by molar-refractivity contribution is 7.26. The number of furan rings is 1. The summed E-state index contributed by atoms with van der Waals surface area (Å²) in [7, 11) is 0. The lowest BCUT2D eigenvalue weighted by Crippen LogP contribution is -2.00. The summed E-state index contributed by atoms with van der Waals surface area (Å²) in [5, 5.41) is 5.72. The zero-order valence-electron chi connectivity index (χ0n) is 30.0. The third-order valence-corrected chi connectivity index (χ3v) is 12.8. The van der Waals surface area contributed by atoms with Gasteiger partial charge in [-0.15, -0.1) is 22.7 Å². The van der Waals surface area contributed by atoms with E-state index in [1.165, 1.54) is 20.2 Å². The van der Waals surface area contributed by atoms with Gasteiger partial charge in [-0.05, 0) is 36.4 Å². The minimum Gasteiger partial charge on any atom is -0.452 e. The minimum absolute atomic E-state index is 0.636. The predicted octanol–water partition coefficient (Wildman–Crippen LogP) is 13.6. The highest BCUT2D eigenvalue weighted by Crippen LogP contribution is 2.43. The standard InChI is InChI=1S/C49H27N5OS2/c1-3-12-28(13-4-1)46-50-43(45-44(51-46)34-17-7-9-19-37(34)55-45)30-22-25-35-41(26-30)57-39-21-11-18-36(42(35)39)49-53-47(29-14-5-2-6-15-29)52-48(54-49)31-23-24-33-32-16-8-10-20-38(32)56-40(33)27-31/h1-27H. The summed E-state index contributed by atoms with van der Waals surface area (Å²) in [6.45, 7) is 0. The van der Waals surface area contributed by atoms with Crippen molar-refractivity contribution in [3.05, 3.63) is 164 Å². The SMILES string of the molecule is c1ccc(-c2nc(-c3ccc4c(c3)sc3ccccc34)nc(-c3cccc4sc5cc(-c6nc(-c7ccccc7)nc7c6oc6ccccc67)ccc5c34)n2)cc1. The second kappa shape index (κ2) is 12.7. The lowest BCUT2D eigenvalue weighted by molar-refractivity contribution is 0.667. The van der Waals surface area contributed by atoms with Gasteiger partial charge < -0.3 is 4.42 Å². The van der Waals surface area contributed by atoms with Gasteiger partial charge in [-0.2, -0.15) is 0 Å². The van der Waals surface area contributed by atoms with Crippen molar-refractivity contribution in [3.8, 4) is 56.8 Å². The molecule has 7 aromatic carbocycles. The third kappa shape index (κ3) is 5.26. The molecule has 0 unspecified atom stereocenters. The third-order valence-electron chi connectivity index (χ3n) is 10.6. The molecule has 6 nitrogen and oxygen atoms in total. The van der Waals surface area contributed by atoms with Crippen LogP contribution in [-0.4, -0.2) is 24.9 Å². The number of benzene rings is 7. The molecule has 0 aliphatic carbocycles. The number of nitrogens with zero attached hydrogens (tertiary/aromatic N) is 5. The van der Waals surface area contributed by atoms with Gasteiger partial charge in [0, 0.05) is 73.5 Å². The molecule has 5 heterocycles. The molecule has 0 aliphatic rings. The Morgan fingerprint density at radius 2 is 0.947 bits per heavy atom. The van der Waals surface area contributed by atoms with Crippen LogP contribution < -0.4 is 0 Å². The number of aromatic nitrogens is 5. The van der Waals surface area contributed by atoms with Crippen molar-refractivity contribution in [2.45, 2.75) is 0 Å². The number of hydrogen-bond donors (Lipinski definition) is 0. The van der Waals surface area contributed by atoms with Gasteiger partial charge in [-0.3, -0.25) is 0 Å². The van der Waals surface area contributed by atoms with Crippen LogP contribution in [0, 0.1) is 0 Å². The summed E-state index contributed by atoms with van der Waals surface area (Å²) in [6, 6.07) is 56.4. The molecule has 0 N–H and O–H groups in total. The van der Waals surface area contributed by atoms with E-state index in [1.54, 1.807) is 22.7 Å². The first kappa shape index (κ1) is 32.1. The van der Waals surface area contributed by atoms with Gasteiger partial charge in [0.25, 0.3) is 0 Å². The van der Waals surface area contributed by atoms with E-state index >= 15 is 0 Å². The summed E-state index contributed by atoms with van der Waals surface area (Å²) in [5.74, 6) is 2.58. The highest BCUT2D eigenvalue weighted by atomic mass is 32.1. The average molecular weight is 766 g/mol. The maximum Gasteiger partial charge on any atom is 0.180 e. The monoisotopic (exact) mass is 765 g/mol. The Bertz CT molecular complexity index is 3540. The molecule has 0 amide bonds. The van der Waals surface area contributed by atoms with Crippen molar-refractivity contribution < 1.29 is 4.42 Å². The van der Waals surface area contributed by atoms with Crippen LogP contribution in [0.15, 0.2) is 168 Å². The normalized spacial score (nSPS) is 11.9. The lowest BCUT2D eigenvalue weighted by atomic mass is 10.0. The number of fused-ring (bicyclic) bond motifs is 9. The van der Waals surface area contributed by atoms with Gasteiger partial charge in [0.1, 0.15) is 16.8 Å². The molecule has 5 aromatic heterocycles. The Morgan fingerprint density at radius 1 is 0.368 bits per heavy atom. The predicted molar refractivity (Wildman–Crippen MR) is 236 cm³/mol. The molecule has 0 spiro atoms. The van der Waals surface area contributed by atoms with Crippen molar-refractivity contribution in [1.82, 2.24) is 24.9 Å². The van der Waals surface area contributed by atoms with E-state index in [2.05, 4.69) is 97.1 Å². The van der Waals surface area contributed by atoms with E-state index in [0.29, 0.717) is 28.9 Å². The number of para-hydroxylation sites is 1. The Balaban J connectivity index is 1.04. The Hall–Kier alpha value is -7.13. The van der Waals surface area contributed by atoms with Crippen LogP contribution in [0.25, 0.3) is 119 Å². The van der Waals surface area contributed by atoms with Crippen molar-refractivity contribution in [1.29, 1.82) is 0 Å². The van der Waals surface area contributed by atoms with Crippen molar-refractivity contribution in [2.24, 2.45) is 0 Å². The lowest BCUT2D eigenvalue weighted by Gasteiger charge is -2.10. The molecule has 0 aliphatic heterocycles. The first-order chi connectivity index (χ1) is 28.2. The summed E-state index contributed by atoms with van der Waals surface area (Å²) in [5.41, 5.74) is 7.81. The van der Waals surface area contributed by atoms with Crippen LogP contribution >= 0.6 is 22.7 Å². The van der Waals surface area contributed by atoms with Gasteiger partial charge in [0.15, 0.2) is 28.9 Å². The van der Waals surface area contributed by atoms with Crippen molar-refractivity contribution >= 4 is 85.1 Å². The van der Waals surface area contributed by atoms with Crippen LogP contribution in [-0.2, 0) is 0 Å². The summed E-state index contributed by atoms with van der Waals surface area (Å²) in [4.78, 5) is 25.6. The second-order valence-corrected chi connectivity index (χ2v) is 16.2. The molecule has 0 bridgehead atoms. The molecule has 0 saturated heterocycles. The molecule has 0 saturated carbocycles. The van der Waals surface area contributed by atoms with Crippen LogP contribution in [0.3, 0.4) is 0 Å². The van der Waals surface area contributed by atoms with Gasteiger partial charge in [-0.25, -0.2) is 24.9 Å². The largest absolute Gasteiger partial charge is 0.452 e. The van der Waals surface area contributed by atoms with Gasteiger partial charge in [-0.1, -0.05) is 127 Å². The fraction of sp³-hybridized carbons (Fsp3) is 0. The summed E-state index contributed by atoms with van der Waals surface area (Å²) in [6.07, 6.45) is 0. The highest BCUT2D eigenvalue weighted by Gasteiger charge is 2.21. The maximum absolute atomic E-state index is 6.47. The molecule has 0 radical (unpaired) electrons. The fourth-order valence-electron chi connectivity index (χ4n) is 7.87. The van der Waals surface area contributed by atoms with E-state index in [0.717, 1.165) is 70.2 Å². The molecule has 0 fully saturated rings. The summed E-state index contributed by atoms with van der Waals surface area (Å²) < 4.78 is 11.2. The average Bonchev–Trinajstić information content (AvgIpc) is 3.97. The molecule has 12 rings (SSSR count). The fourth-order valence-corrected chi connectivity index (χ4v) is 10.2. The molecule has 266 valence electrons. The van der Waals surface area contributed by atoms with Gasteiger partial charge >= 0.3 is 0 Å². The van der Waals surface area contributed by atoms with Crippen LogP contribution in [0.1, 0.15) is 0 Å². The zero-order chi connectivity index (χ0) is 37.5. The van der Waals surface area contributed by atoms with Crippen molar-refractivity contribution in [3.63, 3.8) is 0 Å². The zero-order valence-corrected chi connectivity index (χ0v) is 31.7. The molecule has 57 heavy (non-hydrogen) atoms. The molecule has 8 heteroatoms. The molecular formula is C49H27N5OS2. The molecular weight excluding hydrogens is 739 g/mol. The smallest absolute Gasteiger partial charge is 0.180 e. The number of thiophene rings is 2. The van der Waals surface area contributed by atoms with E-state index < -0.39 is 0 Å². The van der Waals surface area contributed by atoms with Gasteiger partial charge in [0.2, 0.25) is 0 Å². The molecule has 0 atom stereocenters. The summed E-state index contributed by atoms with van der Waals surface area (Å²) >= 11 is 3.54. The second-order valence-electron chi connectivity index (χ2n) is 14.0. The van der Waals surface area contributed by atoms with E-state index in [1.807, 2.05) is 66.7 Å². The first-order valence-corrected chi connectivity index (χ1v) is 20.3. The van der Waals surface area contributed by atoms with Crippen LogP contribution in [0.5, 0.6) is 0 Å². The van der Waals surface area contributed by atoms with Crippen molar-refractivity contribution in [2.75, 3.05) is 0 Å². The van der Waals surface area contributed by atoms with Crippen LogP contribution in [0.2, 0.25) is 0 Å². The quantitative estimate of drug-likeness (QED) is 0.174.